The van der Waals surface area contributed by atoms with Gasteiger partial charge in [-0.2, -0.15) is 0 Å². The molecule has 0 radical (unpaired) electrons. The molecule has 2 amide bonds. The number of carbonyl (C=O) groups is 3. The van der Waals surface area contributed by atoms with Crippen molar-refractivity contribution >= 4 is 34.6 Å². The Hall–Kier alpha value is -3.76. The highest BCUT2D eigenvalue weighted by molar-refractivity contribution is 7.09. The van der Waals surface area contributed by atoms with E-state index in [1.165, 1.54) is 16.2 Å². The summed E-state index contributed by atoms with van der Waals surface area (Å²) in [6, 6.07) is 14.1. The summed E-state index contributed by atoms with van der Waals surface area (Å²) in [7, 11) is 0. The van der Waals surface area contributed by atoms with Gasteiger partial charge >= 0.3 is 0 Å². The highest BCUT2D eigenvalue weighted by Crippen LogP contribution is 2.34. The van der Waals surface area contributed by atoms with Gasteiger partial charge in [0.1, 0.15) is 22.2 Å². The molecule has 0 N–H and O–H groups in total. The molecule has 0 bridgehead atoms. The summed E-state index contributed by atoms with van der Waals surface area (Å²) in [5.41, 5.74) is 1.25. The Balaban J connectivity index is 1.31. The van der Waals surface area contributed by atoms with Crippen molar-refractivity contribution in [2.75, 3.05) is 44.4 Å². The van der Waals surface area contributed by atoms with Crippen molar-refractivity contribution < 1.29 is 28.6 Å². The first-order chi connectivity index (χ1) is 17.1. The summed E-state index contributed by atoms with van der Waals surface area (Å²) in [5.74, 6) is 0.494. The van der Waals surface area contributed by atoms with Crippen LogP contribution in [0.1, 0.15) is 25.9 Å². The number of hydrogen-bond donors (Lipinski definition) is 0. The first kappa shape index (κ1) is 23.0. The summed E-state index contributed by atoms with van der Waals surface area (Å²) < 4.78 is 16.4. The number of para-hydroxylation sites is 1. The maximum Gasteiger partial charge on any atom is 0.273 e. The maximum atomic E-state index is 12.7. The minimum atomic E-state index is -0.251. The van der Waals surface area contributed by atoms with Crippen LogP contribution < -0.4 is 14.4 Å². The molecule has 1 fully saturated rings. The van der Waals surface area contributed by atoms with Gasteiger partial charge in [0, 0.05) is 24.0 Å². The Labute approximate surface area is 205 Å². The largest absolute Gasteiger partial charge is 0.485 e. The Morgan fingerprint density at radius 3 is 2.69 bits per heavy atom. The van der Waals surface area contributed by atoms with E-state index in [2.05, 4.69) is 4.98 Å². The number of carbonyl (C=O) groups excluding carboxylic acids is 3. The van der Waals surface area contributed by atoms with E-state index >= 15 is 0 Å². The maximum absolute atomic E-state index is 12.7. The van der Waals surface area contributed by atoms with Gasteiger partial charge in [0.25, 0.3) is 11.8 Å². The van der Waals surface area contributed by atoms with Crippen molar-refractivity contribution in [3.63, 3.8) is 0 Å². The van der Waals surface area contributed by atoms with Crippen LogP contribution in [0.2, 0.25) is 0 Å². The SMILES string of the molecule is O=C(COc1ccccc1)c1ccc2c(c1)N(Cc1nc(C(=O)N3CCOCC3)cs1)C(=O)CO2. The summed E-state index contributed by atoms with van der Waals surface area (Å²) >= 11 is 1.32. The molecular weight excluding hydrogens is 470 g/mol. The second-order valence-corrected chi connectivity index (χ2v) is 8.95. The van der Waals surface area contributed by atoms with Crippen LogP contribution in [-0.4, -0.2) is 67.0 Å². The number of benzene rings is 2. The fourth-order valence-corrected chi connectivity index (χ4v) is 4.60. The van der Waals surface area contributed by atoms with Gasteiger partial charge in [-0.3, -0.25) is 19.3 Å². The van der Waals surface area contributed by atoms with Crippen molar-refractivity contribution in [1.29, 1.82) is 0 Å². The lowest BCUT2D eigenvalue weighted by atomic mass is 10.1. The first-order valence-electron chi connectivity index (χ1n) is 11.2. The Bertz CT molecular complexity index is 1240. The van der Waals surface area contributed by atoms with E-state index in [-0.39, 0.29) is 37.4 Å². The first-order valence-corrected chi connectivity index (χ1v) is 12.1. The number of Topliss-reactive ketones (excluding diaryl/α,β-unsaturated/α-hetero) is 1. The third kappa shape index (κ3) is 5.18. The Kier molecular flexibility index (Phi) is 6.73. The van der Waals surface area contributed by atoms with Gasteiger partial charge in [-0.05, 0) is 30.3 Å². The average Bonchev–Trinajstić information content (AvgIpc) is 3.38. The van der Waals surface area contributed by atoms with Crippen molar-refractivity contribution in [3.05, 3.63) is 70.2 Å². The monoisotopic (exact) mass is 493 g/mol. The number of aromatic nitrogens is 1. The van der Waals surface area contributed by atoms with Crippen LogP contribution in [0.3, 0.4) is 0 Å². The van der Waals surface area contributed by atoms with Crippen molar-refractivity contribution in [1.82, 2.24) is 9.88 Å². The van der Waals surface area contributed by atoms with Crippen LogP contribution in [0.25, 0.3) is 0 Å². The Morgan fingerprint density at radius 2 is 1.89 bits per heavy atom. The van der Waals surface area contributed by atoms with E-state index in [9.17, 15) is 14.4 Å². The predicted octanol–water partition coefficient (Wildman–Crippen LogP) is 2.80. The average molecular weight is 494 g/mol. The van der Waals surface area contributed by atoms with Gasteiger partial charge < -0.3 is 19.1 Å². The number of fused-ring (bicyclic) bond motifs is 1. The van der Waals surface area contributed by atoms with E-state index in [0.29, 0.717) is 59.8 Å². The molecule has 5 rings (SSSR count). The Morgan fingerprint density at radius 1 is 1.09 bits per heavy atom. The molecule has 3 heterocycles. The lowest BCUT2D eigenvalue weighted by Crippen LogP contribution is -2.41. The minimum absolute atomic E-state index is 0.109. The normalized spacial score (nSPS) is 15.4. The van der Waals surface area contributed by atoms with Gasteiger partial charge in [0.05, 0.1) is 25.4 Å². The number of nitrogens with zero attached hydrogens (tertiary/aromatic N) is 3. The number of anilines is 1. The van der Waals surface area contributed by atoms with Crippen molar-refractivity contribution in [2.24, 2.45) is 0 Å². The van der Waals surface area contributed by atoms with E-state index in [1.54, 1.807) is 40.6 Å². The summed E-state index contributed by atoms with van der Waals surface area (Å²) in [5, 5.41) is 2.33. The molecule has 0 unspecified atom stereocenters. The minimum Gasteiger partial charge on any atom is -0.485 e. The summed E-state index contributed by atoms with van der Waals surface area (Å²) in [6.45, 7) is 2.03. The third-order valence-electron chi connectivity index (χ3n) is 5.70. The van der Waals surface area contributed by atoms with Crippen LogP contribution in [-0.2, 0) is 16.1 Å². The van der Waals surface area contributed by atoms with Gasteiger partial charge in [-0.25, -0.2) is 4.98 Å². The predicted molar refractivity (Wildman–Crippen MR) is 128 cm³/mol. The molecule has 1 saturated heterocycles. The number of hydrogen-bond acceptors (Lipinski definition) is 8. The molecule has 180 valence electrons. The van der Waals surface area contributed by atoms with Crippen molar-refractivity contribution in [3.8, 4) is 11.5 Å². The zero-order valence-electron chi connectivity index (χ0n) is 18.8. The zero-order valence-corrected chi connectivity index (χ0v) is 19.7. The molecule has 10 heteroatoms. The second-order valence-electron chi connectivity index (χ2n) is 8.01. The molecule has 0 atom stereocenters. The van der Waals surface area contributed by atoms with Crippen LogP contribution >= 0.6 is 11.3 Å². The lowest BCUT2D eigenvalue weighted by molar-refractivity contribution is -0.121. The molecule has 3 aromatic rings. The van der Waals surface area contributed by atoms with Gasteiger partial charge in [-0.1, -0.05) is 18.2 Å². The topological polar surface area (TPSA) is 98.3 Å². The fraction of sp³-hybridized carbons (Fsp3) is 0.280. The molecule has 2 aromatic carbocycles. The van der Waals surface area contributed by atoms with E-state index in [1.807, 2.05) is 18.2 Å². The molecule has 0 aliphatic carbocycles. The zero-order chi connectivity index (χ0) is 24.2. The smallest absolute Gasteiger partial charge is 0.273 e. The number of thiazole rings is 1. The van der Waals surface area contributed by atoms with Gasteiger partial charge in [0.15, 0.2) is 19.0 Å². The fourth-order valence-electron chi connectivity index (χ4n) is 3.84. The molecule has 2 aliphatic heterocycles. The standard InChI is InChI=1S/C25H23N3O6S/c29-21(14-33-18-4-2-1-3-5-18)17-6-7-22-20(12-17)28(24(30)15-34-22)13-23-26-19(16-35-23)25(31)27-8-10-32-11-9-27/h1-7,12,16H,8-11,13-15H2. The molecule has 0 saturated carbocycles. The number of ketones is 1. The molecule has 1 aromatic heterocycles. The van der Waals surface area contributed by atoms with Gasteiger partial charge in [0.2, 0.25) is 0 Å². The van der Waals surface area contributed by atoms with E-state index in [4.69, 9.17) is 14.2 Å². The quantitative estimate of drug-likeness (QED) is 0.467. The number of amides is 2. The molecule has 2 aliphatic rings. The second kappa shape index (κ2) is 10.2. The molecule has 0 spiro atoms. The number of ether oxygens (including phenoxy) is 3. The van der Waals surface area contributed by atoms with E-state index < -0.39 is 0 Å². The van der Waals surface area contributed by atoms with E-state index in [0.717, 1.165) is 0 Å². The van der Waals surface area contributed by atoms with Gasteiger partial charge in [-0.15, -0.1) is 11.3 Å². The highest BCUT2D eigenvalue weighted by atomic mass is 32.1. The van der Waals surface area contributed by atoms with Crippen LogP contribution in [0, 0.1) is 0 Å². The van der Waals surface area contributed by atoms with Crippen LogP contribution in [0.15, 0.2) is 53.9 Å². The van der Waals surface area contributed by atoms with Crippen molar-refractivity contribution in [2.45, 2.75) is 6.54 Å². The summed E-state index contributed by atoms with van der Waals surface area (Å²) in [6.07, 6.45) is 0. The number of morpholine rings is 1. The van der Waals surface area contributed by atoms with Crippen LogP contribution in [0.5, 0.6) is 11.5 Å². The highest BCUT2D eigenvalue weighted by Gasteiger charge is 2.28. The third-order valence-corrected chi connectivity index (χ3v) is 6.53. The number of rotatable bonds is 7. The molecule has 35 heavy (non-hydrogen) atoms. The molecule has 9 nitrogen and oxygen atoms in total. The summed E-state index contributed by atoms with van der Waals surface area (Å²) in [4.78, 5) is 45.9. The molecular formula is C25H23N3O6S. The van der Waals surface area contributed by atoms with Crippen LogP contribution in [0.4, 0.5) is 5.69 Å². The lowest BCUT2D eigenvalue weighted by Gasteiger charge is -2.29.